The van der Waals surface area contributed by atoms with Crippen molar-refractivity contribution in [1.29, 1.82) is 0 Å². The predicted molar refractivity (Wildman–Crippen MR) is 109 cm³/mol. The molecule has 0 atom stereocenters. The molecule has 1 N–H and O–H groups in total. The van der Waals surface area contributed by atoms with Gasteiger partial charge < -0.3 is 9.47 Å². The van der Waals surface area contributed by atoms with E-state index < -0.39 is 5.82 Å². The van der Waals surface area contributed by atoms with Crippen LogP contribution in [0.1, 0.15) is 23.7 Å². The summed E-state index contributed by atoms with van der Waals surface area (Å²) < 4.78 is 24.2. The first-order valence-corrected chi connectivity index (χ1v) is 9.73. The standard InChI is InChI=1S/C21H19FN2O4S/c1-3-18(25)13-4-7-15(8-5-13)28-11-20(26)24-21-23-17(12-29-21)16-10-14(22)6-9-19(16)27-2/h4-10,12H,3,11H2,1-2H3,(H,23,24,26). The second-order valence-electron chi connectivity index (χ2n) is 6.02. The number of carbonyl (C=O) groups excluding carboxylic acids is 2. The molecule has 150 valence electrons. The third kappa shape index (κ3) is 5.17. The number of benzene rings is 2. The zero-order chi connectivity index (χ0) is 20.8. The van der Waals surface area contributed by atoms with E-state index in [1.807, 2.05) is 0 Å². The number of hydrogen-bond donors (Lipinski definition) is 1. The Bertz CT molecular complexity index is 1020. The summed E-state index contributed by atoms with van der Waals surface area (Å²) in [6, 6.07) is 10.8. The number of hydrogen-bond acceptors (Lipinski definition) is 6. The summed E-state index contributed by atoms with van der Waals surface area (Å²) in [5.41, 5.74) is 1.60. The third-order valence-electron chi connectivity index (χ3n) is 4.06. The Kier molecular flexibility index (Phi) is 6.56. The number of carbonyl (C=O) groups is 2. The Labute approximate surface area is 171 Å². The van der Waals surface area contributed by atoms with Crippen LogP contribution in [-0.4, -0.2) is 30.4 Å². The molecule has 0 aliphatic heterocycles. The second-order valence-corrected chi connectivity index (χ2v) is 6.88. The zero-order valence-corrected chi connectivity index (χ0v) is 16.7. The zero-order valence-electron chi connectivity index (χ0n) is 15.9. The van der Waals surface area contributed by atoms with E-state index in [-0.39, 0.29) is 18.3 Å². The largest absolute Gasteiger partial charge is 0.496 e. The molecule has 0 unspecified atom stereocenters. The number of rotatable bonds is 8. The number of amides is 1. The molecule has 0 aliphatic carbocycles. The molecule has 0 radical (unpaired) electrons. The molecular weight excluding hydrogens is 395 g/mol. The summed E-state index contributed by atoms with van der Waals surface area (Å²) in [6.07, 6.45) is 0.430. The van der Waals surface area contributed by atoms with Gasteiger partial charge in [-0.05, 0) is 42.5 Å². The lowest BCUT2D eigenvalue weighted by Crippen LogP contribution is -2.20. The molecule has 0 aliphatic rings. The van der Waals surface area contributed by atoms with E-state index in [9.17, 15) is 14.0 Å². The van der Waals surface area contributed by atoms with Crippen molar-refractivity contribution in [3.63, 3.8) is 0 Å². The highest BCUT2D eigenvalue weighted by molar-refractivity contribution is 7.14. The van der Waals surface area contributed by atoms with Crippen molar-refractivity contribution in [3.05, 3.63) is 59.2 Å². The molecule has 8 heteroatoms. The van der Waals surface area contributed by atoms with E-state index in [0.717, 1.165) is 0 Å². The van der Waals surface area contributed by atoms with Crippen LogP contribution in [0.15, 0.2) is 47.8 Å². The molecule has 1 amide bonds. The fourth-order valence-corrected chi connectivity index (χ4v) is 3.31. The molecule has 3 rings (SSSR count). The fraction of sp³-hybridized carbons (Fsp3) is 0.190. The number of thiazole rings is 1. The molecule has 1 aromatic heterocycles. The highest BCUT2D eigenvalue weighted by atomic mass is 32.1. The van der Waals surface area contributed by atoms with Crippen LogP contribution in [0, 0.1) is 5.82 Å². The molecule has 6 nitrogen and oxygen atoms in total. The van der Waals surface area contributed by atoms with Gasteiger partial charge in [-0.2, -0.15) is 0 Å². The van der Waals surface area contributed by atoms with Gasteiger partial charge >= 0.3 is 0 Å². The number of anilines is 1. The monoisotopic (exact) mass is 414 g/mol. The number of methoxy groups -OCH3 is 1. The van der Waals surface area contributed by atoms with Gasteiger partial charge in [-0.1, -0.05) is 6.92 Å². The van der Waals surface area contributed by atoms with Gasteiger partial charge in [0.2, 0.25) is 0 Å². The number of halogens is 1. The van der Waals surface area contributed by atoms with Gasteiger partial charge in [0.05, 0.1) is 12.8 Å². The number of aromatic nitrogens is 1. The molecule has 3 aromatic rings. The highest BCUT2D eigenvalue weighted by Gasteiger charge is 2.13. The summed E-state index contributed by atoms with van der Waals surface area (Å²) in [5, 5.41) is 4.72. The van der Waals surface area contributed by atoms with Crippen molar-refractivity contribution in [2.24, 2.45) is 0 Å². The third-order valence-corrected chi connectivity index (χ3v) is 4.81. The van der Waals surface area contributed by atoms with Gasteiger partial charge in [0.1, 0.15) is 17.3 Å². The topological polar surface area (TPSA) is 77.5 Å². The minimum absolute atomic E-state index is 0.0452. The quantitative estimate of drug-likeness (QED) is 0.547. The number of ether oxygens (including phenoxy) is 2. The molecule has 2 aromatic carbocycles. The first-order valence-electron chi connectivity index (χ1n) is 8.85. The minimum atomic E-state index is -0.403. The normalized spacial score (nSPS) is 10.4. The maximum absolute atomic E-state index is 13.6. The van der Waals surface area contributed by atoms with Crippen LogP contribution in [0.2, 0.25) is 0 Å². The van der Waals surface area contributed by atoms with Crippen molar-refractivity contribution in [3.8, 4) is 22.8 Å². The number of nitrogens with one attached hydrogen (secondary N) is 1. The lowest BCUT2D eigenvalue weighted by atomic mass is 10.1. The molecular formula is C21H19FN2O4S. The Morgan fingerprint density at radius 2 is 1.93 bits per heavy atom. The number of Topliss-reactive ketones (excluding diaryl/α,β-unsaturated/α-hetero) is 1. The summed E-state index contributed by atoms with van der Waals surface area (Å²) in [5.74, 6) is 0.231. The van der Waals surface area contributed by atoms with Gasteiger partial charge in [0.25, 0.3) is 5.91 Å². The summed E-state index contributed by atoms with van der Waals surface area (Å²) in [4.78, 5) is 28.1. The first kappa shape index (κ1) is 20.5. The number of nitrogens with zero attached hydrogens (tertiary/aromatic N) is 1. The first-order chi connectivity index (χ1) is 14.0. The lowest BCUT2D eigenvalue weighted by molar-refractivity contribution is -0.118. The van der Waals surface area contributed by atoms with Crippen LogP contribution in [0.3, 0.4) is 0 Å². The molecule has 0 saturated heterocycles. The smallest absolute Gasteiger partial charge is 0.264 e. The SMILES string of the molecule is CCC(=O)c1ccc(OCC(=O)Nc2nc(-c3cc(F)ccc3OC)cs2)cc1. The van der Waals surface area contributed by atoms with E-state index in [2.05, 4.69) is 10.3 Å². The van der Waals surface area contributed by atoms with Crippen molar-refractivity contribution in [2.45, 2.75) is 13.3 Å². The molecule has 1 heterocycles. The minimum Gasteiger partial charge on any atom is -0.496 e. The second kappa shape index (κ2) is 9.29. The van der Waals surface area contributed by atoms with Crippen molar-refractivity contribution < 1.29 is 23.5 Å². The van der Waals surface area contributed by atoms with Crippen LogP contribution >= 0.6 is 11.3 Å². The average Bonchev–Trinajstić information content (AvgIpc) is 3.20. The molecule has 0 fully saturated rings. The van der Waals surface area contributed by atoms with Crippen LogP contribution in [0.4, 0.5) is 9.52 Å². The Hall–Kier alpha value is -3.26. The maximum Gasteiger partial charge on any atom is 0.264 e. The Balaban J connectivity index is 1.59. The van der Waals surface area contributed by atoms with E-state index in [1.54, 1.807) is 36.6 Å². The Morgan fingerprint density at radius 3 is 2.62 bits per heavy atom. The van der Waals surface area contributed by atoms with E-state index >= 15 is 0 Å². The Morgan fingerprint density at radius 1 is 1.17 bits per heavy atom. The molecule has 0 spiro atoms. The van der Waals surface area contributed by atoms with Gasteiger partial charge in [-0.3, -0.25) is 14.9 Å². The summed E-state index contributed by atoms with van der Waals surface area (Å²) in [7, 11) is 1.49. The van der Waals surface area contributed by atoms with Crippen molar-refractivity contribution in [2.75, 3.05) is 19.0 Å². The van der Waals surface area contributed by atoms with E-state index in [1.165, 1.54) is 36.6 Å². The van der Waals surface area contributed by atoms with Gasteiger partial charge in [-0.15, -0.1) is 11.3 Å². The molecule has 0 bridgehead atoms. The van der Waals surface area contributed by atoms with Crippen LogP contribution < -0.4 is 14.8 Å². The molecule has 29 heavy (non-hydrogen) atoms. The predicted octanol–water partition coefficient (Wildman–Crippen LogP) is 4.57. The summed E-state index contributed by atoms with van der Waals surface area (Å²) >= 11 is 1.21. The van der Waals surface area contributed by atoms with Crippen LogP contribution in [0.5, 0.6) is 11.5 Å². The number of ketones is 1. The average molecular weight is 414 g/mol. The molecule has 0 saturated carbocycles. The van der Waals surface area contributed by atoms with Crippen LogP contribution in [-0.2, 0) is 4.79 Å². The van der Waals surface area contributed by atoms with Crippen LogP contribution in [0.25, 0.3) is 11.3 Å². The summed E-state index contributed by atoms with van der Waals surface area (Å²) in [6.45, 7) is 1.59. The lowest BCUT2D eigenvalue weighted by Gasteiger charge is -2.07. The van der Waals surface area contributed by atoms with Crippen molar-refractivity contribution >= 4 is 28.2 Å². The van der Waals surface area contributed by atoms with Gasteiger partial charge in [0.15, 0.2) is 17.5 Å². The van der Waals surface area contributed by atoms with Gasteiger partial charge in [-0.25, -0.2) is 9.37 Å². The van der Waals surface area contributed by atoms with E-state index in [4.69, 9.17) is 9.47 Å². The van der Waals surface area contributed by atoms with Gasteiger partial charge in [0, 0.05) is 22.9 Å². The highest BCUT2D eigenvalue weighted by Crippen LogP contribution is 2.32. The fourth-order valence-electron chi connectivity index (χ4n) is 2.58. The maximum atomic E-state index is 13.6. The van der Waals surface area contributed by atoms with E-state index in [0.29, 0.717) is 39.9 Å². The van der Waals surface area contributed by atoms with Crippen molar-refractivity contribution in [1.82, 2.24) is 4.98 Å².